The number of methoxy groups -OCH3 is 1. The molecule has 1 aliphatic rings. The van der Waals surface area contributed by atoms with Crippen molar-refractivity contribution < 1.29 is 19.1 Å². The van der Waals surface area contributed by atoms with E-state index in [1.165, 1.54) is 7.11 Å². The molecule has 2 amide bonds. The summed E-state index contributed by atoms with van der Waals surface area (Å²) in [6, 6.07) is 18.2. The maximum atomic E-state index is 12.4. The Labute approximate surface area is 214 Å². The summed E-state index contributed by atoms with van der Waals surface area (Å²) in [5.74, 6) is 0.337. The number of nitrogens with one attached hydrogen (secondary N) is 2. The zero-order chi connectivity index (χ0) is 25.8. The van der Waals surface area contributed by atoms with Gasteiger partial charge < -0.3 is 29.6 Å². The van der Waals surface area contributed by atoms with E-state index in [-0.39, 0.29) is 18.1 Å². The lowest BCUT2D eigenvalue weighted by Crippen LogP contribution is -2.54. The smallest absolute Gasteiger partial charge is 0.340 e. The second-order valence-electron chi connectivity index (χ2n) is 8.75. The minimum Gasteiger partial charge on any atom is -0.487 e. The average Bonchev–Trinajstić information content (AvgIpc) is 3.41. The number of ether oxygens (including phenoxy) is 2. The molecule has 4 aromatic rings. The molecule has 1 fully saturated rings. The van der Waals surface area contributed by atoms with Crippen LogP contribution in [0.5, 0.6) is 5.75 Å². The van der Waals surface area contributed by atoms with Crippen molar-refractivity contribution in [1.29, 1.82) is 0 Å². The van der Waals surface area contributed by atoms with Gasteiger partial charge in [-0.05, 0) is 67.1 Å². The summed E-state index contributed by atoms with van der Waals surface area (Å²) in [6.07, 6.45) is 7.14. The number of nitrogens with zero attached hydrogens (tertiary/aromatic N) is 3. The van der Waals surface area contributed by atoms with Gasteiger partial charge in [0.05, 0.1) is 49.0 Å². The summed E-state index contributed by atoms with van der Waals surface area (Å²) in [5.41, 5.74) is 4.47. The number of carbonyl (C=O) groups excluding carboxylic acids is 2. The monoisotopic (exact) mass is 497 g/mol. The molecule has 0 spiro atoms. The fourth-order valence-corrected chi connectivity index (χ4v) is 4.25. The second kappa shape index (κ2) is 10.4. The van der Waals surface area contributed by atoms with E-state index in [2.05, 4.69) is 20.5 Å². The normalized spacial score (nSPS) is 13.0. The summed E-state index contributed by atoms with van der Waals surface area (Å²) in [6.45, 7) is 3.26. The topological polar surface area (TPSA) is 97.7 Å². The van der Waals surface area contributed by atoms with Crippen LogP contribution < -0.4 is 20.3 Å². The largest absolute Gasteiger partial charge is 0.487 e. The standard InChI is InChI=1S/C28H27N5O4/c1-19-14-21(16-29-15-19)31-28(35)30-20-8-10-22(11-9-20)37-23-17-33(18-23)25-7-5-6-24(27(34)36-2)26(25)32-12-3-4-13-32/h3-16,23H,17-18H2,1-2H3,(H2,30,31,35). The Kier molecular flexibility index (Phi) is 6.76. The molecule has 5 rings (SSSR count). The summed E-state index contributed by atoms with van der Waals surface area (Å²) in [4.78, 5) is 30.9. The molecule has 1 aliphatic heterocycles. The lowest BCUT2D eigenvalue weighted by atomic mass is 10.1. The molecule has 9 nitrogen and oxygen atoms in total. The van der Waals surface area contributed by atoms with Crippen molar-refractivity contribution in [3.8, 4) is 11.4 Å². The van der Waals surface area contributed by atoms with E-state index in [1.807, 2.05) is 66.3 Å². The van der Waals surface area contributed by atoms with E-state index in [9.17, 15) is 9.59 Å². The number of carbonyl (C=O) groups is 2. The van der Waals surface area contributed by atoms with Crippen LogP contribution in [0.15, 0.2) is 85.5 Å². The van der Waals surface area contributed by atoms with Crippen molar-refractivity contribution in [1.82, 2.24) is 9.55 Å². The number of hydrogen-bond donors (Lipinski definition) is 2. The van der Waals surface area contributed by atoms with E-state index >= 15 is 0 Å². The maximum absolute atomic E-state index is 12.4. The fraction of sp³-hybridized carbons (Fsp3) is 0.179. The zero-order valence-corrected chi connectivity index (χ0v) is 20.5. The number of benzene rings is 2. The van der Waals surface area contributed by atoms with Crippen LogP contribution >= 0.6 is 0 Å². The van der Waals surface area contributed by atoms with Gasteiger partial charge in [0.25, 0.3) is 0 Å². The van der Waals surface area contributed by atoms with Crippen molar-refractivity contribution in [2.24, 2.45) is 0 Å². The van der Waals surface area contributed by atoms with E-state index in [0.29, 0.717) is 35.8 Å². The van der Waals surface area contributed by atoms with E-state index in [1.54, 1.807) is 30.6 Å². The highest BCUT2D eigenvalue weighted by Crippen LogP contribution is 2.33. The SMILES string of the molecule is COC(=O)c1cccc(N2CC(Oc3ccc(NC(=O)Nc4cncc(C)c4)cc3)C2)c1-n1cccc1. The number of urea groups is 1. The quantitative estimate of drug-likeness (QED) is 0.353. The Balaban J connectivity index is 1.19. The second-order valence-corrected chi connectivity index (χ2v) is 8.75. The highest BCUT2D eigenvalue weighted by Gasteiger charge is 2.32. The van der Waals surface area contributed by atoms with Crippen LogP contribution in [0.3, 0.4) is 0 Å². The van der Waals surface area contributed by atoms with Crippen LogP contribution in [-0.2, 0) is 4.74 Å². The van der Waals surface area contributed by atoms with Crippen molar-refractivity contribution in [2.45, 2.75) is 13.0 Å². The molecule has 2 aromatic carbocycles. The minimum absolute atomic E-state index is 0.00442. The average molecular weight is 498 g/mol. The first-order valence-electron chi connectivity index (χ1n) is 11.9. The zero-order valence-electron chi connectivity index (χ0n) is 20.5. The summed E-state index contributed by atoms with van der Waals surface area (Å²) in [5, 5.41) is 5.57. The summed E-state index contributed by atoms with van der Waals surface area (Å²) >= 11 is 0. The molecular formula is C28H27N5O4. The van der Waals surface area contributed by atoms with Gasteiger partial charge in [0.15, 0.2) is 0 Å². The third-order valence-electron chi connectivity index (χ3n) is 6.02. The lowest BCUT2D eigenvalue weighted by Gasteiger charge is -2.41. The molecule has 0 bridgehead atoms. The molecule has 37 heavy (non-hydrogen) atoms. The highest BCUT2D eigenvalue weighted by molar-refractivity contribution is 5.99. The molecule has 3 heterocycles. The number of rotatable bonds is 7. The Bertz CT molecular complexity index is 1400. The van der Waals surface area contributed by atoms with Crippen LogP contribution in [0.2, 0.25) is 0 Å². The first-order valence-corrected chi connectivity index (χ1v) is 11.9. The van der Waals surface area contributed by atoms with Crippen molar-refractivity contribution >= 4 is 29.1 Å². The number of esters is 1. The third kappa shape index (κ3) is 5.40. The van der Waals surface area contributed by atoms with Crippen LogP contribution in [-0.4, -0.2) is 47.9 Å². The fourth-order valence-electron chi connectivity index (χ4n) is 4.25. The molecule has 2 N–H and O–H groups in total. The molecule has 0 aliphatic carbocycles. The molecule has 0 radical (unpaired) electrons. The molecule has 9 heteroatoms. The predicted molar refractivity (Wildman–Crippen MR) is 142 cm³/mol. The number of aromatic nitrogens is 2. The van der Waals surface area contributed by atoms with Gasteiger partial charge in [-0.3, -0.25) is 4.98 Å². The Morgan fingerprint density at radius 3 is 2.38 bits per heavy atom. The van der Waals surface area contributed by atoms with Crippen LogP contribution in [0.1, 0.15) is 15.9 Å². The summed E-state index contributed by atoms with van der Waals surface area (Å²) < 4.78 is 13.0. The van der Waals surface area contributed by atoms with Crippen molar-refractivity contribution in [3.63, 3.8) is 0 Å². The van der Waals surface area contributed by atoms with Gasteiger partial charge in [-0.1, -0.05) is 6.07 Å². The van der Waals surface area contributed by atoms with Crippen LogP contribution in [0, 0.1) is 6.92 Å². The van der Waals surface area contributed by atoms with Gasteiger partial charge in [0.2, 0.25) is 0 Å². The number of amides is 2. The number of hydrogen-bond acceptors (Lipinski definition) is 6. The lowest BCUT2D eigenvalue weighted by molar-refractivity contribution is 0.0600. The molecule has 0 saturated carbocycles. The maximum Gasteiger partial charge on any atom is 0.340 e. The molecule has 188 valence electrons. The van der Waals surface area contributed by atoms with E-state index in [4.69, 9.17) is 9.47 Å². The van der Waals surface area contributed by atoms with Gasteiger partial charge >= 0.3 is 12.0 Å². The Hall–Kier alpha value is -4.79. The number of pyridine rings is 1. The first kappa shape index (κ1) is 23.9. The van der Waals surface area contributed by atoms with Gasteiger partial charge in [0.1, 0.15) is 11.9 Å². The molecular weight excluding hydrogens is 470 g/mol. The number of anilines is 3. The number of aryl methyl sites for hydroxylation is 1. The molecule has 0 atom stereocenters. The van der Waals surface area contributed by atoms with Gasteiger partial charge in [0, 0.05) is 24.3 Å². The third-order valence-corrected chi connectivity index (χ3v) is 6.02. The van der Waals surface area contributed by atoms with Gasteiger partial charge in [-0.15, -0.1) is 0 Å². The highest BCUT2D eigenvalue weighted by atomic mass is 16.5. The molecule has 0 unspecified atom stereocenters. The van der Waals surface area contributed by atoms with E-state index < -0.39 is 0 Å². The predicted octanol–water partition coefficient (Wildman–Crippen LogP) is 4.88. The van der Waals surface area contributed by atoms with Gasteiger partial charge in [-0.25, -0.2) is 9.59 Å². The molecule has 1 saturated heterocycles. The van der Waals surface area contributed by atoms with Crippen LogP contribution in [0.4, 0.5) is 21.9 Å². The summed E-state index contributed by atoms with van der Waals surface area (Å²) in [7, 11) is 1.39. The van der Waals surface area contributed by atoms with Crippen molar-refractivity contribution in [2.75, 3.05) is 35.7 Å². The van der Waals surface area contributed by atoms with Gasteiger partial charge in [-0.2, -0.15) is 0 Å². The van der Waals surface area contributed by atoms with Crippen LogP contribution in [0.25, 0.3) is 5.69 Å². The number of para-hydroxylation sites is 1. The molecule has 2 aromatic heterocycles. The minimum atomic E-state index is -0.378. The Morgan fingerprint density at radius 2 is 1.68 bits per heavy atom. The first-order chi connectivity index (χ1) is 18.0. The van der Waals surface area contributed by atoms with Crippen molar-refractivity contribution in [3.05, 3.63) is 96.6 Å². The Morgan fingerprint density at radius 1 is 0.946 bits per heavy atom. The van der Waals surface area contributed by atoms with E-state index in [0.717, 1.165) is 16.9 Å².